The van der Waals surface area contributed by atoms with Gasteiger partial charge in [-0.1, -0.05) is 11.6 Å². The zero-order chi connectivity index (χ0) is 20.6. The third-order valence-corrected chi connectivity index (χ3v) is 5.76. The third kappa shape index (κ3) is 4.18. The number of amides is 1. The summed E-state index contributed by atoms with van der Waals surface area (Å²) >= 11 is 5.89. The number of alkyl halides is 3. The fraction of sp³-hybridized carbons (Fsp3) is 0.188. The molecule has 0 bridgehead atoms. The maximum atomic E-state index is 12.7. The van der Waals surface area contributed by atoms with Crippen molar-refractivity contribution in [2.75, 3.05) is 11.1 Å². The lowest BCUT2D eigenvalue weighted by Crippen LogP contribution is -2.52. The number of hydrogen-bond donors (Lipinski definition) is 3. The molecule has 11 heteroatoms. The minimum atomic E-state index is -5.21. The van der Waals surface area contributed by atoms with E-state index in [1.165, 1.54) is 24.3 Å². The van der Waals surface area contributed by atoms with Gasteiger partial charge in [0.1, 0.15) is 0 Å². The molecule has 0 aliphatic rings. The molecule has 0 unspecified atom stereocenters. The van der Waals surface area contributed by atoms with Crippen molar-refractivity contribution in [1.29, 1.82) is 0 Å². The number of nitrogens with two attached hydrogens (primary N) is 1. The van der Waals surface area contributed by atoms with E-state index in [4.69, 9.17) is 17.3 Å². The minimum absolute atomic E-state index is 0.0652. The molecule has 0 aliphatic carbocycles. The molecule has 2 aromatic rings. The molecule has 146 valence electrons. The summed E-state index contributed by atoms with van der Waals surface area (Å²) in [7, 11) is -3.96. The van der Waals surface area contributed by atoms with Gasteiger partial charge in [0.15, 0.2) is 0 Å². The highest BCUT2D eigenvalue weighted by atomic mass is 35.5. The largest absolute Gasteiger partial charge is 0.426 e. The fourth-order valence-electron chi connectivity index (χ4n) is 1.92. The molecule has 0 saturated carbocycles. The molecule has 27 heavy (non-hydrogen) atoms. The molecular formula is C16H14ClF3N2O4S. The Balaban J connectivity index is 2.33. The summed E-state index contributed by atoms with van der Waals surface area (Å²) in [5.41, 5.74) is 1.93. The summed E-state index contributed by atoms with van der Waals surface area (Å²) in [6, 6.07) is 8.42. The van der Waals surface area contributed by atoms with Gasteiger partial charge in [0.05, 0.1) is 20.5 Å². The zero-order valence-corrected chi connectivity index (χ0v) is 15.3. The van der Waals surface area contributed by atoms with Crippen molar-refractivity contribution in [3.63, 3.8) is 0 Å². The van der Waals surface area contributed by atoms with Gasteiger partial charge >= 0.3 is 6.18 Å². The lowest BCUT2D eigenvalue weighted by atomic mass is 10.1. The van der Waals surface area contributed by atoms with E-state index in [9.17, 15) is 31.5 Å². The average molecular weight is 423 g/mol. The lowest BCUT2D eigenvalue weighted by molar-refractivity contribution is -0.242. The number of carbonyl (C=O) groups excluding carboxylic acids is 1. The Hall–Kier alpha value is -2.30. The molecule has 1 amide bonds. The molecule has 1 atom stereocenters. The van der Waals surface area contributed by atoms with Gasteiger partial charge < -0.3 is 16.2 Å². The number of sulfone groups is 1. The Kier molecular flexibility index (Phi) is 5.46. The van der Waals surface area contributed by atoms with Crippen LogP contribution >= 0.6 is 11.6 Å². The fourth-order valence-corrected chi connectivity index (χ4v) is 3.50. The Morgan fingerprint density at radius 3 is 2.11 bits per heavy atom. The molecule has 4 N–H and O–H groups in total. The van der Waals surface area contributed by atoms with Gasteiger partial charge in [-0.2, -0.15) is 13.2 Å². The normalized spacial score (nSPS) is 14.4. The van der Waals surface area contributed by atoms with Crippen molar-refractivity contribution >= 4 is 38.7 Å². The molecular weight excluding hydrogens is 409 g/mol. The van der Waals surface area contributed by atoms with Crippen molar-refractivity contribution in [1.82, 2.24) is 0 Å². The second-order valence-electron chi connectivity index (χ2n) is 5.74. The molecule has 2 aromatic carbocycles. The van der Waals surface area contributed by atoms with Crippen LogP contribution in [0.1, 0.15) is 6.92 Å². The quantitative estimate of drug-likeness (QED) is 0.656. The Bertz CT molecular complexity index is 974. The van der Waals surface area contributed by atoms with Gasteiger partial charge in [-0.05, 0) is 49.4 Å². The zero-order valence-electron chi connectivity index (χ0n) is 13.7. The van der Waals surface area contributed by atoms with E-state index < -0.39 is 27.5 Å². The van der Waals surface area contributed by atoms with Gasteiger partial charge in [0, 0.05) is 5.69 Å². The summed E-state index contributed by atoms with van der Waals surface area (Å²) in [5, 5.41) is 10.8. The van der Waals surface area contributed by atoms with Gasteiger partial charge in [-0.3, -0.25) is 4.79 Å². The second-order valence-corrected chi connectivity index (χ2v) is 8.10. The average Bonchev–Trinajstić information content (AvgIpc) is 2.55. The molecule has 0 fully saturated rings. The van der Waals surface area contributed by atoms with Gasteiger partial charge in [0.25, 0.3) is 5.91 Å². The van der Waals surface area contributed by atoms with Gasteiger partial charge in [0.2, 0.25) is 15.4 Å². The van der Waals surface area contributed by atoms with Crippen molar-refractivity contribution in [2.45, 2.75) is 28.5 Å². The SMILES string of the molecule is C[C@@](O)(C(=O)Nc1ccc(S(=O)(=O)c2ccc(N)cc2)cc1Cl)C(F)(F)F. The summed E-state index contributed by atoms with van der Waals surface area (Å²) in [6.45, 7) is 0.288. The Morgan fingerprint density at radius 1 is 1.11 bits per heavy atom. The molecule has 0 saturated heterocycles. The van der Waals surface area contributed by atoms with Crippen LogP contribution in [0.2, 0.25) is 5.02 Å². The van der Waals surface area contributed by atoms with Crippen LogP contribution in [0.15, 0.2) is 52.3 Å². The second kappa shape index (κ2) is 7.02. The number of nitrogens with one attached hydrogen (secondary N) is 1. The molecule has 2 rings (SSSR count). The number of hydrogen-bond acceptors (Lipinski definition) is 5. The molecule has 6 nitrogen and oxygen atoms in total. The number of carbonyl (C=O) groups is 1. The molecule has 0 heterocycles. The topological polar surface area (TPSA) is 109 Å². The molecule has 0 aliphatic heterocycles. The lowest BCUT2D eigenvalue weighted by Gasteiger charge is -2.25. The Labute approximate surface area is 157 Å². The van der Waals surface area contributed by atoms with Crippen molar-refractivity contribution in [3.05, 3.63) is 47.5 Å². The number of halogens is 4. The molecule has 0 spiro atoms. The highest BCUT2D eigenvalue weighted by Crippen LogP contribution is 2.33. The predicted molar refractivity (Wildman–Crippen MR) is 93.1 cm³/mol. The number of anilines is 2. The third-order valence-electron chi connectivity index (χ3n) is 3.68. The minimum Gasteiger partial charge on any atom is -0.399 e. The van der Waals surface area contributed by atoms with Crippen LogP contribution < -0.4 is 11.1 Å². The molecule has 0 aromatic heterocycles. The Morgan fingerprint density at radius 2 is 1.63 bits per heavy atom. The van der Waals surface area contributed by atoms with Crippen LogP contribution in [0.25, 0.3) is 0 Å². The smallest absolute Gasteiger partial charge is 0.399 e. The monoisotopic (exact) mass is 422 g/mol. The van der Waals surface area contributed by atoms with Crippen LogP contribution in [0.5, 0.6) is 0 Å². The van der Waals surface area contributed by atoms with Crippen LogP contribution in [-0.2, 0) is 14.6 Å². The maximum absolute atomic E-state index is 12.7. The molecule has 0 radical (unpaired) electrons. The standard InChI is InChI=1S/C16H14ClF3N2O4S/c1-15(24,16(18,19)20)14(23)22-13-7-6-11(8-12(13)17)27(25,26)10-4-2-9(21)3-5-10/h2-8,24H,21H2,1H3,(H,22,23)/t15-/m1/s1. The van der Waals surface area contributed by atoms with E-state index in [1.807, 2.05) is 5.32 Å². The number of aliphatic hydroxyl groups is 1. The van der Waals surface area contributed by atoms with Crippen LogP contribution in [0, 0.1) is 0 Å². The maximum Gasteiger partial charge on any atom is 0.426 e. The van der Waals surface area contributed by atoms with Crippen molar-refractivity contribution in [2.24, 2.45) is 0 Å². The van der Waals surface area contributed by atoms with E-state index in [-0.39, 0.29) is 27.4 Å². The van der Waals surface area contributed by atoms with Crippen LogP contribution in [0.4, 0.5) is 24.5 Å². The van der Waals surface area contributed by atoms with E-state index in [0.29, 0.717) is 5.69 Å². The summed E-state index contributed by atoms with van der Waals surface area (Å²) in [4.78, 5) is 11.4. The van der Waals surface area contributed by atoms with E-state index in [2.05, 4.69) is 0 Å². The predicted octanol–water partition coefficient (Wildman–Crippen LogP) is 3.01. The highest BCUT2D eigenvalue weighted by Gasteiger charge is 2.55. The van der Waals surface area contributed by atoms with Crippen LogP contribution in [-0.4, -0.2) is 31.2 Å². The highest BCUT2D eigenvalue weighted by molar-refractivity contribution is 7.91. The first kappa shape index (κ1) is 21.0. The van der Waals surface area contributed by atoms with E-state index in [0.717, 1.165) is 18.2 Å². The van der Waals surface area contributed by atoms with Gasteiger partial charge in [-0.15, -0.1) is 0 Å². The van der Waals surface area contributed by atoms with Gasteiger partial charge in [-0.25, -0.2) is 8.42 Å². The van der Waals surface area contributed by atoms with Crippen molar-refractivity contribution in [3.8, 4) is 0 Å². The first-order valence-electron chi connectivity index (χ1n) is 7.27. The first-order chi connectivity index (χ1) is 12.3. The number of nitrogen functional groups attached to an aromatic ring is 1. The van der Waals surface area contributed by atoms with E-state index in [1.54, 1.807) is 0 Å². The first-order valence-corrected chi connectivity index (χ1v) is 9.13. The number of rotatable bonds is 4. The number of benzene rings is 2. The van der Waals surface area contributed by atoms with E-state index >= 15 is 0 Å². The van der Waals surface area contributed by atoms with Crippen molar-refractivity contribution < 1.29 is 31.5 Å². The van der Waals surface area contributed by atoms with Crippen LogP contribution in [0.3, 0.4) is 0 Å². The summed E-state index contributed by atoms with van der Waals surface area (Å²) in [6.07, 6.45) is -5.21. The summed E-state index contributed by atoms with van der Waals surface area (Å²) < 4.78 is 63.2. The summed E-state index contributed by atoms with van der Waals surface area (Å²) in [5.74, 6) is -1.76.